The molecule has 0 atom stereocenters. The van der Waals surface area contributed by atoms with Crippen molar-refractivity contribution in [3.8, 4) is 5.75 Å². The number of ether oxygens (including phenoxy) is 1. The Morgan fingerprint density at radius 3 is 3.00 bits per heavy atom. The van der Waals surface area contributed by atoms with E-state index in [1.807, 2.05) is 0 Å². The Kier molecular flexibility index (Phi) is 4.13. The minimum Gasteiger partial charge on any atom is -0.491 e. The molecule has 2 aromatic rings. The molecular formula is C20H23NOS. The lowest BCUT2D eigenvalue weighted by molar-refractivity contribution is 0.318. The van der Waals surface area contributed by atoms with Gasteiger partial charge >= 0.3 is 0 Å². The topological polar surface area (TPSA) is 21.3 Å². The van der Waals surface area contributed by atoms with Crippen LogP contribution >= 0.6 is 11.3 Å². The summed E-state index contributed by atoms with van der Waals surface area (Å²) in [5.41, 5.74) is 8.34. The molecule has 2 heterocycles. The maximum Gasteiger partial charge on any atom is 0.143 e. The third kappa shape index (κ3) is 2.78. The molecule has 0 bridgehead atoms. The van der Waals surface area contributed by atoms with E-state index in [0.717, 1.165) is 25.3 Å². The molecule has 23 heavy (non-hydrogen) atoms. The Labute approximate surface area is 142 Å². The fraction of sp³-hybridized carbons (Fsp3) is 0.400. The number of hydrogen-bond acceptors (Lipinski definition) is 3. The molecule has 1 aliphatic heterocycles. The first-order chi connectivity index (χ1) is 11.4. The minimum atomic E-state index is 0.786. The van der Waals surface area contributed by atoms with Gasteiger partial charge in [-0.1, -0.05) is 6.92 Å². The SMILES string of the molecule is CCCOc1cc2c(c3c1NCC(c1ccsc1)=C3)CCCC2. The highest BCUT2D eigenvalue weighted by Gasteiger charge is 2.23. The average molecular weight is 325 g/mol. The van der Waals surface area contributed by atoms with Crippen LogP contribution < -0.4 is 10.1 Å². The summed E-state index contributed by atoms with van der Waals surface area (Å²) in [6.45, 7) is 3.83. The van der Waals surface area contributed by atoms with Gasteiger partial charge in [-0.25, -0.2) is 0 Å². The maximum atomic E-state index is 6.06. The van der Waals surface area contributed by atoms with Crippen LogP contribution in [0.3, 0.4) is 0 Å². The summed E-state index contributed by atoms with van der Waals surface area (Å²) in [6.07, 6.45) is 8.43. The summed E-state index contributed by atoms with van der Waals surface area (Å²) in [4.78, 5) is 0. The molecule has 2 nitrogen and oxygen atoms in total. The molecule has 1 aliphatic carbocycles. The van der Waals surface area contributed by atoms with Crippen LogP contribution in [0.4, 0.5) is 5.69 Å². The standard InChI is InChI=1S/C20H23NOS/c1-2-8-22-19-11-14-5-3-4-6-17(14)18-10-16(12-21-20(18)19)15-7-9-23-13-15/h7,9-11,13,21H,2-6,8,12H2,1H3. The largest absolute Gasteiger partial charge is 0.491 e. The smallest absolute Gasteiger partial charge is 0.143 e. The number of hydrogen-bond donors (Lipinski definition) is 1. The Balaban J connectivity index is 1.82. The van der Waals surface area contributed by atoms with Gasteiger partial charge in [0.25, 0.3) is 0 Å². The first kappa shape index (κ1) is 14.8. The van der Waals surface area contributed by atoms with Gasteiger partial charge in [-0.3, -0.25) is 0 Å². The van der Waals surface area contributed by atoms with Gasteiger partial charge in [-0.2, -0.15) is 11.3 Å². The Morgan fingerprint density at radius 1 is 1.26 bits per heavy atom. The van der Waals surface area contributed by atoms with E-state index in [1.54, 1.807) is 11.3 Å². The summed E-state index contributed by atoms with van der Waals surface area (Å²) in [7, 11) is 0. The van der Waals surface area contributed by atoms with Crippen LogP contribution in [0.15, 0.2) is 22.9 Å². The minimum absolute atomic E-state index is 0.786. The highest BCUT2D eigenvalue weighted by molar-refractivity contribution is 7.08. The van der Waals surface area contributed by atoms with Crippen LogP contribution in [-0.4, -0.2) is 13.2 Å². The highest BCUT2D eigenvalue weighted by atomic mass is 32.1. The van der Waals surface area contributed by atoms with Crippen molar-refractivity contribution >= 4 is 28.7 Å². The van der Waals surface area contributed by atoms with E-state index in [0.29, 0.717) is 0 Å². The van der Waals surface area contributed by atoms with Crippen molar-refractivity contribution in [3.05, 3.63) is 45.1 Å². The van der Waals surface area contributed by atoms with Crippen molar-refractivity contribution < 1.29 is 4.74 Å². The number of thiophene rings is 1. The summed E-state index contributed by atoms with van der Waals surface area (Å²) in [5.74, 6) is 1.04. The van der Waals surface area contributed by atoms with Gasteiger partial charge < -0.3 is 10.1 Å². The second-order valence-corrected chi connectivity index (χ2v) is 7.17. The lowest BCUT2D eigenvalue weighted by Crippen LogP contribution is -2.16. The van der Waals surface area contributed by atoms with Gasteiger partial charge in [0.05, 0.1) is 12.3 Å². The molecule has 0 fully saturated rings. The third-order valence-corrected chi connectivity index (χ3v) is 5.47. The maximum absolute atomic E-state index is 6.06. The Morgan fingerprint density at radius 2 is 2.17 bits per heavy atom. The zero-order valence-corrected chi connectivity index (χ0v) is 14.5. The molecule has 1 aromatic carbocycles. The van der Waals surface area contributed by atoms with Crippen molar-refractivity contribution in [3.63, 3.8) is 0 Å². The zero-order valence-electron chi connectivity index (χ0n) is 13.7. The van der Waals surface area contributed by atoms with E-state index in [4.69, 9.17) is 4.74 Å². The van der Waals surface area contributed by atoms with Gasteiger partial charge in [0.1, 0.15) is 5.75 Å². The second kappa shape index (κ2) is 6.40. The first-order valence-electron chi connectivity index (χ1n) is 8.65. The predicted octanol–water partition coefficient (Wildman–Crippen LogP) is 5.38. The van der Waals surface area contributed by atoms with Crippen molar-refractivity contribution in [2.45, 2.75) is 39.0 Å². The molecule has 1 N–H and O–H groups in total. The third-order valence-electron chi connectivity index (χ3n) is 4.78. The van der Waals surface area contributed by atoms with E-state index < -0.39 is 0 Å². The number of aryl methyl sites for hydroxylation is 1. The van der Waals surface area contributed by atoms with Gasteiger partial charge in [-0.15, -0.1) is 0 Å². The Hall–Kier alpha value is -1.74. The Bertz CT molecular complexity index is 731. The lowest BCUT2D eigenvalue weighted by Gasteiger charge is -2.28. The quantitative estimate of drug-likeness (QED) is 0.814. The van der Waals surface area contributed by atoms with Gasteiger partial charge in [0, 0.05) is 12.1 Å². The summed E-state index contributed by atoms with van der Waals surface area (Å²) in [6, 6.07) is 4.51. The molecule has 2 aliphatic rings. The number of benzene rings is 1. The van der Waals surface area contributed by atoms with Crippen molar-refractivity contribution in [2.75, 3.05) is 18.5 Å². The molecule has 0 spiro atoms. The lowest BCUT2D eigenvalue weighted by atomic mass is 9.85. The summed E-state index contributed by atoms with van der Waals surface area (Å²) >= 11 is 1.76. The molecule has 4 rings (SSSR count). The molecule has 0 saturated carbocycles. The molecule has 0 unspecified atom stereocenters. The molecule has 3 heteroatoms. The number of nitrogens with one attached hydrogen (secondary N) is 1. The number of anilines is 1. The fourth-order valence-corrected chi connectivity index (χ4v) is 4.30. The van der Waals surface area contributed by atoms with Crippen LogP contribution in [0, 0.1) is 0 Å². The monoisotopic (exact) mass is 325 g/mol. The molecular weight excluding hydrogens is 302 g/mol. The molecule has 1 aromatic heterocycles. The average Bonchev–Trinajstić information content (AvgIpc) is 3.14. The first-order valence-corrected chi connectivity index (χ1v) is 9.59. The van der Waals surface area contributed by atoms with Crippen LogP contribution in [0.5, 0.6) is 5.75 Å². The van der Waals surface area contributed by atoms with Gasteiger partial charge in [0.2, 0.25) is 0 Å². The van der Waals surface area contributed by atoms with E-state index in [2.05, 4.69) is 41.2 Å². The molecule has 0 saturated heterocycles. The van der Waals surface area contributed by atoms with Crippen molar-refractivity contribution in [1.29, 1.82) is 0 Å². The van der Waals surface area contributed by atoms with E-state index in [9.17, 15) is 0 Å². The highest BCUT2D eigenvalue weighted by Crippen LogP contribution is 2.42. The van der Waals surface area contributed by atoms with Crippen LogP contribution in [0.25, 0.3) is 11.6 Å². The normalized spacial score (nSPS) is 16.1. The van der Waals surface area contributed by atoms with E-state index in [-0.39, 0.29) is 0 Å². The summed E-state index contributed by atoms with van der Waals surface area (Å²) < 4.78 is 6.06. The van der Waals surface area contributed by atoms with Crippen molar-refractivity contribution in [1.82, 2.24) is 0 Å². The zero-order chi connectivity index (χ0) is 15.6. The molecule has 0 radical (unpaired) electrons. The van der Waals surface area contributed by atoms with Gasteiger partial charge in [0.15, 0.2) is 0 Å². The number of fused-ring (bicyclic) bond motifs is 3. The predicted molar refractivity (Wildman–Crippen MR) is 99.5 cm³/mol. The van der Waals surface area contributed by atoms with E-state index in [1.165, 1.54) is 59.2 Å². The number of rotatable bonds is 4. The fourth-order valence-electron chi connectivity index (χ4n) is 3.62. The van der Waals surface area contributed by atoms with Gasteiger partial charge in [-0.05, 0) is 83.3 Å². The van der Waals surface area contributed by atoms with Crippen molar-refractivity contribution in [2.24, 2.45) is 0 Å². The van der Waals surface area contributed by atoms with E-state index >= 15 is 0 Å². The van der Waals surface area contributed by atoms with Crippen LogP contribution in [-0.2, 0) is 12.8 Å². The van der Waals surface area contributed by atoms with Crippen LogP contribution in [0.1, 0.15) is 48.4 Å². The molecule has 120 valence electrons. The second-order valence-electron chi connectivity index (χ2n) is 6.39. The molecule has 0 amide bonds. The summed E-state index contributed by atoms with van der Waals surface area (Å²) in [5, 5.41) is 8.03. The van der Waals surface area contributed by atoms with Crippen LogP contribution in [0.2, 0.25) is 0 Å².